The number of aliphatic hydroxyl groups excluding tert-OH is 1. The number of oxazole rings is 1. The highest BCUT2D eigenvalue weighted by molar-refractivity contribution is 5.11. The van der Waals surface area contributed by atoms with Crippen LogP contribution in [0.25, 0.3) is 0 Å². The summed E-state index contributed by atoms with van der Waals surface area (Å²) in [6, 6.07) is 0. The van der Waals surface area contributed by atoms with E-state index in [2.05, 4.69) is 4.98 Å². The molecule has 0 radical (unpaired) electrons. The Morgan fingerprint density at radius 2 is 2.42 bits per heavy atom. The molecular weight excluding hydrogens is 158 g/mol. The van der Waals surface area contributed by atoms with E-state index in [-0.39, 0.29) is 6.61 Å². The molecule has 0 aliphatic carbocycles. The van der Waals surface area contributed by atoms with E-state index in [9.17, 15) is 0 Å². The van der Waals surface area contributed by atoms with Gasteiger partial charge in [0.1, 0.15) is 11.5 Å². The molecule has 1 aliphatic heterocycles. The second kappa shape index (κ2) is 3.25. The molecule has 12 heavy (non-hydrogen) atoms. The van der Waals surface area contributed by atoms with Crippen molar-refractivity contribution in [3.63, 3.8) is 0 Å². The molecule has 0 amide bonds. The maximum Gasteiger partial charge on any atom is 0.197 e. The Morgan fingerprint density at radius 1 is 1.50 bits per heavy atom. The minimum Gasteiger partial charge on any atom is -0.445 e. The Morgan fingerprint density at radius 3 is 3.17 bits per heavy atom. The minimum atomic E-state index is 0.0836. The van der Waals surface area contributed by atoms with Crippen molar-refractivity contribution in [3.05, 3.63) is 17.3 Å². The molecule has 1 aromatic heterocycles. The van der Waals surface area contributed by atoms with E-state index in [1.165, 1.54) is 0 Å². The summed E-state index contributed by atoms with van der Waals surface area (Å²) in [5.74, 6) is 1.54. The number of nitrogens with zero attached hydrogens (tertiary/aromatic N) is 1. The first-order valence-electron chi connectivity index (χ1n) is 4.06. The molecule has 1 aliphatic rings. The number of hydrogen-bond acceptors (Lipinski definition) is 4. The smallest absolute Gasteiger partial charge is 0.197 e. The van der Waals surface area contributed by atoms with Crippen molar-refractivity contribution in [2.24, 2.45) is 0 Å². The third-order valence-electron chi connectivity index (χ3n) is 1.86. The Hall–Kier alpha value is -0.870. The molecule has 0 fully saturated rings. The molecule has 0 atom stereocenters. The highest BCUT2D eigenvalue weighted by Crippen LogP contribution is 2.17. The third kappa shape index (κ3) is 1.35. The molecule has 4 nitrogen and oxygen atoms in total. The van der Waals surface area contributed by atoms with Crippen LogP contribution in [0, 0.1) is 0 Å². The fraction of sp³-hybridized carbons (Fsp3) is 0.625. The Kier molecular flexibility index (Phi) is 2.10. The molecule has 1 aromatic rings. The van der Waals surface area contributed by atoms with Crippen LogP contribution in [0.3, 0.4) is 0 Å². The van der Waals surface area contributed by atoms with Gasteiger partial charge in [-0.05, 0) is 0 Å². The topological polar surface area (TPSA) is 55.5 Å². The van der Waals surface area contributed by atoms with Gasteiger partial charge in [-0.25, -0.2) is 4.98 Å². The zero-order valence-corrected chi connectivity index (χ0v) is 6.75. The number of fused-ring (bicyclic) bond motifs is 1. The molecule has 2 heterocycles. The standard InChI is InChI=1S/C8H11NO3/c10-3-1-8-9-6-5-11-4-2-7(6)12-8/h10H,1-5H2. The summed E-state index contributed by atoms with van der Waals surface area (Å²) >= 11 is 0. The zero-order valence-electron chi connectivity index (χ0n) is 6.75. The summed E-state index contributed by atoms with van der Waals surface area (Å²) in [5.41, 5.74) is 0.893. The van der Waals surface area contributed by atoms with Crippen molar-refractivity contribution < 1.29 is 14.3 Å². The van der Waals surface area contributed by atoms with Gasteiger partial charge in [-0.1, -0.05) is 0 Å². The van der Waals surface area contributed by atoms with Gasteiger partial charge in [-0.2, -0.15) is 0 Å². The highest BCUT2D eigenvalue weighted by Gasteiger charge is 2.16. The van der Waals surface area contributed by atoms with E-state index in [0.717, 1.165) is 17.9 Å². The second-order valence-corrected chi connectivity index (χ2v) is 2.75. The molecule has 0 aromatic carbocycles. The maximum atomic E-state index is 8.65. The van der Waals surface area contributed by atoms with E-state index in [1.807, 2.05) is 0 Å². The van der Waals surface area contributed by atoms with Crippen LogP contribution in [-0.2, 0) is 24.2 Å². The third-order valence-corrected chi connectivity index (χ3v) is 1.86. The van der Waals surface area contributed by atoms with E-state index in [4.69, 9.17) is 14.3 Å². The van der Waals surface area contributed by atoms with E-state index in [0.29, 0.717) is 25.5 Å². The first kappa shape index (κ1) is 7.76. The first-order chi connectivity index (χ1) is 5.90. The number of aliphatic hydroxyl groups is 1. The van der Waals surface area contributed by atoms with E-state index >= 15 is 0 Å². The average molecular weight is 169 g/mol. The van der Waals surface area contributed by atoms with Crippen LogP contribution in [0.2, 0.25) is 0 Å². The molecule has 0 bridgehead atoms. The summed E-state index contributed by atoms with van der Waals surface area (Å²) in [5, 5.41) is 8.65. The van der Waals surface area contributed by atoms with Gasteiger partial charge >= 0.3 is 0 Å². The van der Waals surface area contributed by atoms with Crippen molar-refractivity contribution in [3.8, 4) is 0 Å². The Labute approximate surface area is 70.2 Å². The summed E-state index contributed by atoms with van der Waals surface area (Å²) in [6.07, 6.45) is 1.29. The van der Waals surface area contributed by atoms with Gasteiger partial charge in [0.05, 0.1) is 19.8 Å². The van der Waals surface area contributed by atoms with Crippen molar-refractivity contribution in [1.29, 1.82) is 0 Å². The summed E-state index contributed by atoms with van der Waals surface area (Å²) in [4.78, 5) is 4.19. The van der Waals surface area contributed by atoms with Gasteiger partial charge in [0.2, 0.25) is 0 Å². The van der Waals surface area contributed by atoms with Gasteiger partial charge in [0, 0.05) is 12.8 Å². The maximum absolute atomic E-state index is 8.65. The van der Waals surface area contributed by atoms with Crippen molar-refractivity contribution in [2.75, 3.05) is 13.2 Å². The molecule has 0 unspecified atom stereocenters. The van der Waals surface area contributed by atoms with Gasteiger partial charge in [-0.15, -0.1) is 0 Å². The lowest BCUT2D eigenvalue weighted by atomic mass is 10.2. The lowest BCUT2D eigenvalue weighted by Gasteiger charge is -2.07. The summed E-state index contributed by atoms with van der Waals surface area (Å²) < 4.78 is 10.6. The average Bonchev–Trinajstić information content (AvgIpc) is 2.47. The molecule has 0 saturated heterocycles. The van der Waals surface area contributed by atoms with Crippen LogP contribution in [0.15, 0.2) is 4.42 Å². The molecule has 4 heteroatoms. The van der Waals surface area contributed by atoms with Crippen molar-refractivity contribution in [2.45, 2.75) is 19.4 Å². The summed E-state index contributed by atoms with van der Waals surface area (Å²) in [7, 11) is 0. The predicted octanol–water partition coefficient (Wildman–Crippen LogP) is 0.282. The largest absolute Gasteiger partial charge is 0.445 e. The number of rotatable bonds is 2. The minimum absolute atomic E-state index is 0.0836. The molecule has 0 saturated carbocycles. The molecule has 66 valence electrons. The van der Waals surface area contributed by atoms with Crippen LogP contribution in [0.1, 0.15) is 17.3 Å². The number of aromatic nitrogens is 1. The molecule has 0 spiro atoms. The molecular formula is C8H11NO3. The van der Waals surface area contributed by atoms with Crippen LogP contribution in [-0.4, -0.2) is 23.3 Å². The highest BCUT2D eigenvalue weighted by atomic mass is 16.5. The van der Waals surface area contributed by atoms with Gasteiger partial charge < -0.3 is 14.3 Å². The normalized spacial score (nSPS) is 16.1. The van der Waals surface area contributed by atoms with Gasteiger partial charge in [-0.3, -0.25) is 0 Å². The van der Waals surface area contributed by atoms with Gasteiger partial charge in [0.15, 0.2) is 5.89 Å². The number of hydrogen-bond donors (Lipinski definition) is 1. The predicted molar refractivity (Wildman–Crippen MR) is 40.7 cm³/mol. The van der Waals surface area contributed by atoms with Crippen molar-refractivity contribution in [1.82, 2.24) is 4.98 Å². The molecule has 1 N–H and O–H groups in total. The fourth-order valence-corrected chi connectivity index (χ4v) is 1.28. The lowest BCUT2D eigenvalue weighted by molar-refractivity contribution is 0.102. The summed E-state index contributed by atoms with van der Waals surface area (Å²) in [6.45, 7) is 1.34. The van der Waals surface area contributed by atoms with Crippen molar-refractivity contribution >= 4 is 0 Å². The molecule has 2 rings (SSSR count). The number of ether oxygens (including phenoxy) is 1. The Balaban J connectivity index is 2.20. The Bertz CT molecular complexity index is 246. The fourth-order valence-electron chi connectivity index (χ4n) is 1.28. The van der Waals surface area contributed by atoms with Crippen LogP contribution in [0.4, 0.5) is 0 Å². The van der Waals surface area contributed by atoms with Crippen LogP contribution >= 0.6 is 0 Å². The zero-order chi connectivity index (χ0) is 8.39. The van der Waals surface area contributed by atoms with Crippen LogP contribution < -0.4 is 0 Å². The van der Waals surface area contributed by atoms with Gasteiger partial charge in [0.25, 0.3) is 0 Å². The van der Waals surface area contributed by atoms with E-state index < -0.39 is 0 Å². The monoisotopic (exact) mass is 169 g/mol. The van der Waals surface area contributed by atoms with E-state index in [1.54, 1.807) is 0 Å². The quantitative estimate of drug-likeness (QED) is 0.691. The second-order valence-electron chi connectivity index (χ2n) is 2.75. The SMILES string of the molecule is OCCc1nc2c(o1)CCOC2. The first-order valence-corrected chi connectivity index (χ1v) is 4.06. The lowest BCUT2D eigenvalue weighted by Crippen LogP contribution is -2.07. The van der Waals surface area contributed by atoms with Crippen LogP contribution in [0.5, 0.6) is 0 Å².